The summed E-state index contributed by atoms with van der Waals surface area (Å²) in [5.74, 6) is 1.77. The molecule has 2 N–H and O–H groups in total. The highest BCUT2D eigenvalue weighted by atomic mass is 15.2. The maximum absolute atomic E-state index is 4.17. The molecule has 1 heterocycles. The number of nitrogens with zero attached hydrogens (tertiary/aromatic N) is 3. The molecule has 0 aliphatic rings. The van der Waals surface area contributed by atoms with Gasteiger partial charge in [-0.05, 0) is 6.92 Å². The van der Waals surface area contributed by atoms with Gasteiger partial charge in [-0.25, -0.2) is 0 Å². The van der Waals surface area contributed by atoms with E-state index in [9.17, 15) is 0 Å². The van der Waals surface area contributed by atoms with E-state index < -0.39 is 0 Å². The van der Waals surface area contributed by atoms with Crippen molar-refractivity contribution < 1.29 is 0 Å². The summed E-state index contributed by atoms with van der Waals surface area (Å²) in [7, 11) is 0. The van der Waals surface area contributed by atoms with Crippen LogP contribution in [0.2, 0.25) is 0 Å². The van der Waals surface area contributed by atoms with Crippen molar-refractivity contribution in [1.29, 1.82) is 0 Å². The van der Waals surface area contributed by atoms with Gasteiger partial charge in [-0.3, -0.25) is 0 Å². The summed E-state index contributed by atoms with van der Waals surface area (Å²) >= 11 is 0. The van der Waals surface area contributed by atoms with Gasteiger partial charge in [-0.15, -0.1) is 13.2 Å². The van der Waals surface area contributed by atoms with Gasteiger partial charge in [0.15, 0.2) is 0 Å². The Labute approximate surface area is 89.4 Å². The lowest BCUT2D eigenvalue weighted by Crippen LogP contribution is -2.10. The highest BCUT2D eigenvalue weighted by Crippen LogP contribution is 2.04. The number of anilines is 2. The Morgan fingerprint density at radius 2 is 1.47 bits per heavy atom. The third-order valence-electron chi connectivity index (χ3n) is 1.56. The Morgan fingerprint density at radius 1 is 1.00 bits per heavy atom. The van der Waals surface area contributed by atoms with Crippen molar-refractivity contribution in [3.8, 4) is 0 Å². The van der Waals surface area contributed by atoms with Gasteiger partial charge in [0.2, 0.25) is 11.9 Å². The van der Waals surface area contributed by atoms with Crippen LogP contribution in [0.3, 0.4) is 0 Å². The van der Waals surface area contributed by atoms with Gasteiger partial charge in [0.1, 0.15) is 5.82 Å². The molecule has 0 aromatic carbocycles. The molecule has 0 saturated carbocycles. The normalized spacial score (nSPS) is 9.40. The molecule has 5 nitrogen and oxygen atoms in total. The average Bonchev–Trinajstić information content (AvgIpc) is 2.23. The Morgan fingerprint density at radius 3 is 1.87 bits per heavy atom. The topological polar surface area (TPSA) is 62.7 Å². The van der Waals surface area contributed by atoms with E-state index in [4.69, 9.17) is 0 Å². The summed E-state index contributed by atoms with van der Waals surface area (Å²) in [5.41, 5.74) is 0. The number of aryl methyl sites for hydroxylation is 1. The van der Waals surface area contributed by atoms with Gasteiger partial charge < -0.3 is 10.6 Å². The first-order valence-electron chi connectivity index (χ1n) is 4.68. The molecule has 0 unspecified atom stereocenters. The molecule has 0 amide bonds. The molecule has 0 aliphatic heterocycles. The van der Waals surface area contributed by atoms with Crippen LogP contribution in [0.5, 0.6) is 0 Å². The van der Waals surface area contributed by atoms with E-state index in [1.807, 2.05) is 6.92 Å². The summed E-state index contributed by atoms with van der Waals surface area (Å²) in [4.78, 5) is 12.4. The molecular formula is C10H15N5. The molecule has 80 valence electrons. The van der Waals surface area contributed by atoms with Crippen LogP contribution in [0.25, 0.3) is 0 Å². The van der Waals surface area contributed by atoms with Crippen LogP contribution in [0, 0.1) is 6.92 Å². The van der Waals surface area contributed by atoms with Crippen molar-refractivity contribution >= 4 is 11.9 Å². The molecule has 0 radical (unpaired) electrons. The first kappa shape index (κ1) is 11.2. The minimum atomic E-state index is 0.550. The van der Waals surface area contributed by atoms with Crippen molar-refractivity contribution in [2.24, 2.45) is 0 Å². The monoisotopic (exact) mass is 205 g/mol. The third-order valence-corrected chi connectivity index (χ3v) is 1.56. The zero-order valence-electron chi connectivity index (χ0n) is 8.82. The summed E-state index contributed by atoms with van der Waals surface area (Å²) in [5, 5.41) is 6.01. The van der Waals surface area contributed by atoms with Crippen molar-refractivity contribution in [3.63, 3.8) is 0 Å². The summed E-state index contributed by atoms with van der Waals surface area (Å²) in [6.07, 6.45) is 3.49. The predicted molar refractivity (Wildman–Crippen MR) is 61.9 cm³/mol. The summed E-state index contributed by atoms with van der Waals surface area (Å²) in [6, 6.07) is 0. The molecular weight excluding hydrogens is 190 g/mol. The molecule has 15 heavy (non-hydrogen) atoms. The Bertz CT molecular complexity index is 317. The molecule has 0 bridgehead atoms. The van der Waals surface area contributed by atoms with E-state index in [0.29, 0.717) is 30.8 Å². The van der Waals surface area contributed by atoms with Crippen LogP contribution in [0.15, 0.2) is 25.3 Å². The molecule has 0 atom stereocenters. The lowest BCUT2D eigenvalue weighted by molar-refractivity contribution is 0.965. The number of nitrogens with one attached hydrogen (secondary N) is 2. The fourth-order valence-electron chi connectivity index (χ4n) is 0.967. The number of hydrogen-bond acceptors (Lipinski definition) is 5. The predicted octanol–water partition coefficient (Wildman–Crippen LogP) is 1.38. The van der Waals surface area contributed by atoms with E-state index >= 15 is 0 Å². The first-order chi connectivity index (χ1) is 7.26. The van der Waals surface area contributed by atoms with Crippen molar-refractivity contribution in [2.45, 2.75) is 6.92 Å². The van der Waals surface area contributed by atoms with Gasteiger partial charge >= 0.3 is 0 Å². The lowest BCUT2D eigenvalue weighted by atomic mass is 10.6. The molecule has 0 fully saturated rings. The van der Waals surface area contributed by atoms with Crippen molar-refractivity contribution in [3.05, 3.63) is 31.1 Å². The van der Waals surface area contributed by atoms with Crippen LogP contribution >= 0.6 is 0 Å². The highest BCUT2D eigenvalue weighted by molar-refractivity contribution is 5.35. The molecule has 0 spiro atoms. The van der Waals surface area contributed by atoms with Crippen molar-refractivity contribution in [1.82, 2.24) is 15.0 Å². The van der Waals surface area contributed by atoms with Crippen LogP contribution in [-0.2, 0) is 0 Å². The van der Waals surface area contributed by atoms with E-state index in [1.165, 1.54) is 0 Å². The Kier molecular flexibility index (Phi) is 4.28. The zero-order chi connectivity index (χ0) is 11.1. The second-order valence-corrected chi connectivity index (χ2v) is 2.87. The van der Waals surface area contributed by atoms with Crippen LogP contribution in [0.4, 0.5) is 11.9 Å². The SMILES string of the molecule is C=CCNc1nc(C)nc(NCC=C)n1. The van der Waals surface area contributed by atoms with Gasteiger partial charge in [0.25, 0.3) is 0 Å². The molecule has 0 saturated heterocycles. The molecule has 5 heteroatoms. The minimum absolute atomic E-state index is 0.550. The second kappa shape index (κ2) is 5.74. The van der Waals surface area contributed by atoms with Crippen molar-refractivity contribution in [2.75, 3.05) is 23.7 Å². The second-order valence-electron chi connectivity index (χ2n) is 2.87. The fourth-order valence-corrected chi connectivity index (χ4v) is 0.967. The average molecular weight is 205 g/mol. The summed E-state index contributed by atoms with van der Waals surface area (Å²) < 4.78 is 0. The molecule has 1 aromatic heterocycles. The number of rotatable bonds is 6. The molecule has 1 aromatic rings. The highest BCUT2D eigenvalue weighted by Gasteiger charge is 2.01. The standard InChI is InChI=1S/C10H15N5/c1-4-6-11-9-13-8(3)14-10(15-9)12-7-5-2/h4-5H,1-2,6-7H2,3H3,(H2,11,12,13,14,15). The number of aromatic nitrogens is 3. The number of hydrogen-bond donors (Lipinski definition) is 2. The van der Waals surface area contributed by atoms with E-state index in [1.54, 1.807) is 12.2 Å². The largest absolute Gasteiger partial charge is 0.351 e. The van der Waals surface area contributed by atoms with Gasteiger partial charge in [-0.1, -0.05) is 12.2 Å². The molecule has 1 rings (SSSR count). The summed E-state index contributed by atoms with van der Waals surface area (Å²) in [6.45, 7) is 10.3. The van der Waals surface area contributed by atoms with Crippen LogP contribution < -0.4 is 10.6 Å². The van der Waals surface area contributed by atoms with Gasteiger partial charge in [-0.2, -0.15) is 15.0 Å². The Hall–Kier alpha value is -1.91. The van der Waals surface area contributed by atoms with Crippen LogP contribution in [-0.4, -0.2) is 28.0 Å². The van der Waals surface area contributed by atoms with Gasteiger partial charge in [0, 0.05) is 13.1 Å². The van der Waals surface area contributed by atoms with Crippen LogP contribution in [0.1, 0.15) is 5.82 Å². The van der Waals surface area contributed by atoms with E-state index in [2.05, 4.69) is 38.7 Å². The maximum atomic E-state index is 4.17. The quantitative estimate of drug-likeness (QED) is 0.687. The van der Waals surface area contributed by atoms with E-state index in [-0.39, 0.29) is 0 Å². The maximum Gasteiger partial charge on any atom is 0.227 e. The Balaban J connectivity index is 2.74. The zero-order valence-corrected chi connectivity index (χ0v) is 8.82. The van der Waals surface area contributed by atoms with E-state index in [0.717, 1.165) is 0 Å². The first-order valence-corrected chi connectivity index (χ1v) is 4.68. The fraction of sp³-hybridized carbons (Fsp3) is 0.300. The lowest BCUT2D eigenvalue weighted by Gasteiger charge is -2.06. The third kappa shape index (κ3) is 3.76. The molecule has 0 aliphatic carbocycles. The minimum Gasteiger partial charge on any atom is -0.351 e. The smallest absolute Gasteiger partial charge is 0.227 e. The van der Waals surface area contributed by atoms with Gasteiger partial charge in [0.05, 0.1) is 0 Å².